The lowest BCUT2D eigenvalue weighted by Gasteiger charge is -2.22. The second kappa shape index (κ2) is 16.3. The van der Waals surface area contributed by atoms with Gasteiger partial charge in [-0.25, -0.2) is 9.90 Å². The highest BCUT2D eigenvalue weighted by Gasteiger charge is 2.26. The Kier molecular flexibility index (Phi) is 16.0. The molecule has 0 aliphatic rings. The van der Waals surface area contributed by atoms with Gasteiger partial charge < -0.3 is 0 Å². The first-order chi connectivity index (χ1) is 11.2. The van der Waals surface area contributed by atoms with Crippen LogP contribution in [0.4, 0.5) is 0 Å². The summed E-state index contributed by atoms with van der Waals surface area (Å²) >= 11 is 0. The van der Waals surface area contributed by atoms with E-state index in [0.717, 1.165) is 19.3 Å². The number of hydrogen-bond acceptors (Lipinski definition) is 1. The van der Waals surface area contributed by atoms with E-state index in [1.807, 2.05) is 6.92 Å². The van der Waals surface area contributed by atoms with Crippen molar-refractivity contribution in [2.45, 2.75) is 117 Å². The van der Waals surface area contributed by atoms with Crippen molar-refractivity contribution >= 4 is 5.97 Å². The van der Waals surface area contributed by atoms with Crippen LogP contribution in [0.1, 0.15) is 117 Å². The van der Waals surface area contributed by atoms with E-state index >= 15 is 0 Å². The lowest BCUT2D eigenvalue weighted by atomic mass is 9.82. The second-order valence-electron chi connectivity index (χ2n) is 7.21. The average Bonchev–Trinajstić information content (AvgIpc) is 2.53. The molecule has 0 aromatic rings. The smallest absolute Gasteiger partial charge is 0.247 e. The predicted molar refractivity (Wildman–Crippen MR) is 99.0 cm³/mol. The molecule has 0 aliphatic heterocycles. The molecule has 2 nitrogen and oxygen atoms in total. The molecule has 0 saturated heterocycles. The van der Waals surface area contributed by atoms with Gasteiger partial charge in [0.1, 0.15) is 0 Å². The van der Waals surface area contributed by atoms with Gasteiger partial charge in [0.25, 0.3) is 0 Å². The van der Waals surface area contributed by atoms with Gasteiger partial charge in [0.05, 0.1) is 5.92 Å². The molecule has 137 valence electrons. The Morgan fingerprint density at radius 3 is 1.39 bits per heavy atom. The largest absolute Gasteiger partial charge is 0.358 e. The molecule has 2 heteroatoms. The summed E-state index contributed by atoms with van der Waals surface area (Å²) in [7, 11) is 0. The van der Waals surface area contributed by atoms with Gasteiger partial charge in [0.2, 0.25) is 0 Å². The average molecular weight is 326 g/mol. The zero-order chi connectivity index (χ0) is 17.3. The zero-order valence-electron chi connectivity index (χ0n) is 16.1. The summed E-state index contributed by atoms with van der Waals surface area (Å²) in [6.45, 7) is 6.47. The Bertz CT molecular complexity index is 247. The molecule has 1 atom stereocenters. The van der Waals surface area contributed by atoms with E-state index < -0.39 is 5.97 Å². The fourth-order valence-electron chi connectivity index (χ4n) is 3.61. The Morgan fingerprint density at radius 2 is 1.04 bits per heavy atom. The lowest BCUT2D eigenvalue weighted by Crippen LogP contribution is -2.22. The van der Waals surface area contributed by atoms with E-state index in [0.29, 0.717) is 5.92 Å². The Balaban J connectivity index is 4.06. The molecule has 0 rings (SSSR count). The molecule has 0 amide bonds. The number of hydrogen-bond donors (Lipinski definition) is 0. The topological polar surface area (TPSA) is 37.0 Å². The molecule has 0 fully saturated rings. The summed E-state index contributed by atoms with van der Waals surface area (Å²) < 4.78 is 0. The van der Waals surface area contributed by atoms with Gasteiger partial charge in [-0.15, -0.1) is 0 Å². The van der Waals surface area contributed by atoms with E-state index in [1.165, 1.54) is 77.0 Å². The van der Waals surface area contributed by atoms with Crippen LogP contribution in [0.25, 0.3) is 0 Å². The van der Waals surface area contributed by atoms with Crippen LogP contribution in [0, 0.1) is 11.8 Å². The quantitative estimate of drug-likeness (QED) is 0.263. The van der Waals surface area contributed by atoms with Crippen LogP contribution in [0.15, 0.2) is 0 Å². The summed E-state index contributed by atoms with van der Waals surface area (Å²) in [6.07, 6.45) is 18.3. The van der Waals surface area contributed by atoms with Gasteiger partial charge in [-0.1, -0.05) is 97.8 Å². The van der Waals surface area contributed by atoms with Crippen molar-refractivity contribution in [1.29, 1.82) is 0 Å². The highest BCUT2D eigenvalue weighted by Crippen LogP contribution is 2.28. The summed E-state index contributed by atoms with van der Waals surface area (Å²) in [4.78, 5) is 11.4. The van der Waals surface area contributed by atoms with E-state index in [4.69, 9.17) is 0 Å². The number of unbranched alkanes of at least 4 members (excludes halogenated alkanes) is 10. The first-order valence-corrected chi connectivity index (χ1v) is 10.4. The van der Waals surface area contributed by atoms with Gasteiger partial charge in [0, 0.05) is 0 Å². The Hall–Kier alpha value is -0.530. The molecule has 0 heterocycles. The highest BCUT2D eigenvalue weighted by atomic mass is 16.4. The SMILES string of the molecule is CCCCCCCCC(CCCCCCCC)C(CC)C([O])=O. The standard InChI is InChI=1S/C21H41O2/c1-4-7-9-11-13-15-17-19(20(6-3)21(22)23)18-16-14-12-10-8-5-2/h19-20H,4-18H2,1-3H3. The van der Waals surface area contributed by atoms with E-state index in [2.05, 4.69) is 13.8 Å². The van der Waals surface area contributed by atoms with E-state index in [9.17, 15) is 9.90 Å². The van der Waals surface area contributed by atoms with Crippen LogP contribution in [0.3, 0.4) is 0 Å². The molecule has 0 aromatic carbocycles. The Labute approximate surface area is 145 Å². The molecule has 0 aliphatic carbocycles. The molecule has 0 spiro atoms. The van der Waals surface area contributed by atoms with Gasteiger partial charge >= 0.3 is 5.97 Å². The molecule has 0 bridgehead atoms. The minimum absolute atomic E-state index is 0.235. The third-order valence-corrected chi connectivity index (χ3v) is 5.17. The minimum atomic E-state index is -0.825. The lowest BCUT2D eigenvalue weighted by molar-refractivity contribution is -0.150. The van der Waals surface area contributed by atoms with Crippen molar-refractivity contribution in [2.24, 2.45) is 11.8 Å². The molecular formula is C21H41O2. The highest BCUT2D eigenvalue weighted by molar-refractivity contribution is 5.69. The maximum atomic E-state index is 11.4. The number of rotatable bonds is 17. The molecule has 1 unspecified atom stereocenters. The molecule has 23 heavy (non-hydrogen) atoms. The van der Waals surface area contributed by atoms with Crippen molar-refractivity contribution in [1.82, 2.24) is 0 Å². The van der Waals surface area contributed by atoms with Crippen molar-refractivity contribution in [3.8, 4) is 0 Å². The molecule has 0 N–H and O–H groups in total. The summed E-state index contributed by atoms with van der Waals surface area (Å²) in [5, 5.41) is 11.4. The molecule has 1 radical (unpaired) electrons. The summed E-state index contributed by atoms with van der Waals surface area (Å²) in [5.41, 5.74) is 0. The van der Waals surface area contributed by atoms with Crippen LogP contribution in [-0.4, -0.2) is 5.97 Å². The maximum Gasteiger partial charge on any atom is 0.358 e. The van der Waals surface area contributed by atoms with E-state index in [-0.39, 0.29) is 5.92 Å². The van der Waals surface area contributed by atoms with Crippen molar-refractivity contribution in [2.75, 3.05) is 0 Å². The summed E-state index contributed by atoms with van der Waals surface area (Å²) in [6, 6.07) is 0. The van der Waals surface area contributed by atoms with Crippen molar-refractivity contribution < 1.29 is 9.90 Å². The number of carbonyl (C=O) groups excluding carboxylic acids is 1. The summed E-state index contributed by atoms with van der Waals surface area (Å²) in [5.74, 6) is -0.724. The third kappa shape index (κ3) is 12.5. The molecule has 0 saturated carbocycles. The second-order valence-corrected chi connectivity index (χ2v) is 7.21. The fourth-order valence-corrected chi connectivity index (χ4v) is 3.61. The van der Waals surface area contributed by atoms with E-state index in [1.54, 1.807) is 0 Å². The molecular weight excluding hydrogens is 284 g/mol. The van der Waals surface area contributed by atoms with Crippen LogP contribution < -0.4 is 0 Å². The van der Waals surface area contributed by atoms with Gasteiger partial charge in [0.15, 0.2) is 0 Å². The maximum absolute atomic E-state index is 11.4. The first kappa shape index (κ1) is 22.5. The Morgan fingerprint density at radius 1 is 0.652 bits per heavy atom. The van der Waals surface area contributed by atoms with Crippen molar-refractivity contribution in [3.05, 3.63) is 0 Å². The predicted octanol–water partition coefficient (Wildman–Crippen LogP) is 7.09. The monoisotopic (exact) mass is 325 g/mol. The van der Waals surface area contributed by atoms with Gasteiger partial charge in [-0.05, 0) is 25.2 Å². The first-order valence-electron chi connectivity index (χ1n) is 10.4. The van der Waals surface area contributed by atoms with Crippen LogP contribution in [0.2, 0.25) is 0 Å². The molecule has 0 aromatic heterocycles. The van der Waals surface area contributed by atoms with Crippen LogP contribution in [-0.2, 0) is 9.90 Å². The van der Waals surface area contributed by atoms with Gasteiger partial charge in [-0.2, -0.15) is 0 Å². The third-order valence-electron chi connectivity index (χ3n) is 5.17. The van der Waals surface area contributed by atoms with Gasteiger partial charge in [-0.3, -0.25) is 0 Å². The normalized spacial score (nSPS) is 12.7. The fraction of sp³-hybridized carbons (Fsp3) is 0.952. The van der Waals surface area contributed by atoms with Crippen LogP contribution >= 0.6 is 0 Å². The van der Waals surface area contributed by atoms with Crippen LogP contribution in [0.5, 0.6) is 0 Å². The van der Waals surface area contributed by atoms with Crippen molar-refractivity contribution in [3.63, 3.8) is 0 Å². The zero-order valence-corrected chi connectivity index (χ0v) is 16.1. The minimum Gasteiger partial charge on any atom is -0.247 e. The number of carbonyl (C=O) groups is 1.